The molecule has 0 amide bonds. The molecule has 0 radical (unpaired) electrons. The molecule has 1 unspecified atom stereocenters. The van der Waals surface area contributed by atoms with Gasteiger partial charge in [0.2, 0.25) is 0 Å². The van der Waals surface area contributed by atoms with E-state index in [-0.39, 0.29) is 17.4 Å². The topological polar surface area (TPSA) is 67.6 Å². The van der Waals surface area contributed by atoms with Gasteiger partial charge in [0.05, 0.1) is 23.9 Å². The average molecular weight is 448 g/mol. The maximum absolute atomic E-state index is 13.6. The number of hydrogen-bond donors (Lipinski definition) is 1. The second-order valence-corrected chi connectivity index (χ2v) is 8.86. The first-order chi connectivity index (χ1) is 16.1. The van der Waals surface area contributed by atoms with Crippen molar-refractivity contribution in [1.29, 1.82) is 0 Å². The molecule has 6 heteroatoms. The van der Waals surface area contributed by atoms with E-state index in [9.17, 15) is 9.90 Å². The molecule has 1 atom stereocenters. The zero-order valence-electron chi connectivity index (χ0n) is 19.5. The van der Waals surface area contributed by atoms with Gasteiger partial charge in [0.15, 0.2) is 0 Å². The molecule has 1 fully saturated rings. The van der Waals surface area contributed by atoms with Crippen LogP contribution in [0.1, 0.15) is 41.4 Å². The van der Waals surface area contributed by atoms with Crippen LogP contribution in [0.2, 0.25) is 0 Å². The fraction of sp³-hybridized carbons (Fsp3) is 0.407. The second-order valence-electron chi connectivity index (χ2n) is 8.86. The van der Waals surface area contributed by atoms with Crippen molar-refractivity contribution in [3.05, 3.63) is 93.7 Å². The molecule has 3 heterocycles. The van der Waals surface area contributed by atoms with Crippen LogP contribution in [0.25, 0.3) is 0 Å². The number of methoxy groups -OCH3 is 1. The number of aromatic hydroxyl groups is 1. The van der Waals surface area contributed by atoms with Crippen LogP contribution in [0.3, 0.4) is 0 Å². The summed E-state index contributed by atoms with van der Waals surface area (Å²) in [7, 11) is 1.62. The van der Waals surface area contributed by atoms with Gasteiger partial charge in [-0.1, -0.05) is 36.4 Å². The number of rotatable bonds is 8. The second kappa shape index (κ2) is 10.8. The van der Waals surface area contributed by atoms with Gasteiger partial charge in [-0.05, 0) is 69.0 Å². The third-order valence-corrected chi connectivity index (χ3v) is 6.66. The summed E-state index contributed by atoms with van der Waals surface area (Å²) in [5.74, 6) is 0.645. The van der Waals surface area contributed by atoms with E-state index in [1.54, 1.807) is 23.9 Å². The van der Waals surface area contributed by atoms with E-state index in [0.29, 0.717) is 24.6 Å². The molecular weight excluding hydrogens is 414 g/mol. The third-order valence-electron chi connectivity index (χ3n) is 6.66. The molecule has 174 valence electrons. The SMILES string of the molecule is COCCn1c(C)cc(O)c(C(c2ccccn2)N2CCC(Cc3ccccc3)CC2)c1=O. The van der Waals surface area contributed by atoms with Crippen LogP contribution in [-0.4, -0.2) is 46.4 Å². The lowest BCUT2D eigenvalue weighted by molar-refractivity contribution is 0.145. The molecule has 0 bridgehead atoms. The van der Waals surface area contributed by atoms with Crippen molar-refractivity contribution < 1.29 is 9.84 Å². The standard InChI is InChI=1S/C27H33N3O3/c1-20-18-24(31)25(27(32)30(20)16-17-33-2)26(23-10-6-7-13-28-23)29-14-11-22(12-15-29)19-21-8-4-3-5-9-21/h3-10,13,18,22,26,31H,11-12,14-17,19H2,1-2H3. The molecule has 4 rings (SSSR count). The highest BCUT2D eigenvalue weighted by Gasteiger charge is 2.32. The number of piperidine rings is 1. The fourth-order valence-corrected chi connectivity index (χ4v) is 4.90. The van der Waals surface area contributed by atoms with Crippen molar-refractivity contribution in [2.24, 2.45) is 5.92 Å². The monoisotopic (exact) mass is 447 g/mol. The van der Waals surface area contributed by atoms with Gasteiger partial charge in [-0.2, -0.15) is 0 Å². The minimum absolute atomic E-state index is 0.0354. The highest BCUT2D eigenvalue weighted by molar-refractivity contribution is 5.39. The molecule has 0 saturated carbocycles. The lowest BCUT2D eigenvalue weighted by Crippen LogP contribution is -2.41. The van der Waals surface area contributed by atoms with E-state index in [4.69, 9.17) is 4.74 Å². The predicted octanol–water partition coefficient (Wildman–Crippen LogP) is 3.95. The molecule has 1 N–H and O–H groups in total. The lowest BCUT2D eigenvalue weighted by atomic mass is 9.88. The number of benzene rings is 1. The van der Waals surface area contributed by atoms with Crippen LogP contribution in [0, 0.1) is 12.8 Å². The van der Waals surface area contributed by atoms with E-state index in [1.165, 1.54) is 5.56 Å². The Kier molecular flexibility index (Phi) is 7.57. The number of likely N-dealkylation sites (tertiary alicyclic amines) is 1. The van der Waals surface area contributed by atoms with E-state index >= 15 is 0 Å². The summed E-state index contributed by atoms with van der Waals surface area (Å²) in [6.07, 6.45) is 4.91. The quantitative estimate of drug-likeness (QED) is 0.566. The molecule has 33 heavy (non-hydrogen) atoms. The first kappa shape index (κ1) is 23.2. The van der Waals surface area contributed by atoms with E-state index in [1.807, 2.05) is 25.1 Å². The Labute approximate surface area is 195 Å². The highest BCUT2D eigenvalue weighted by atomic mass is 16.5. The lowest BCUT2D eigenvalue weighted by Gasteiger charge is -2.37. The van der Waals surface area contributed by atoms with Crippen LogP contribution in [-0.2, 0) is 17.7 Å². The Morgan fingerprint density at radius 1 is 1.12 bits per heavy atom. The number of hydrogen-bond acceptors (Lipinski definition) is 5. The molecule has 1 saturated heterocycles. The molecule has 6 nitrogen and oxygen atoms in total. The summed E-state index contributed by atoms with van der Waals surface area (Å²) >= 11 is 0. The summed E-state index contributed by atoms with van der Waals surface area (Å²) in [5, 5.41) is 10.9. The van der Waals surface area contributed by atoms with E-state index < -0.39 is 0 Å². The third kappa shape index (κ3) is 5.34. The minimum atomic E-state index is -0.384. The van der Waals surface area contributed by atoms with E-state index in [0.717, 1.165) is 43.7 Å². The van der Waals surface area contributed by atoms with Crippen molar-refractivity contribution in [1.82, 2.24) is 14.5 Å². The normalized spacial score (nSPS) is 16.1. The summed E-state index contributed by atoms with van der Waals surface area (Å²) in [6.45, 7) is 4.42. The Hall–Kier alpha value is -2.96. The van der Waals surface area contributed by atoms with Gasteiger partial charge in [-0.25, -0.2) is 0 Å². The number of aromatic nitrogens is 2. The molecule has 1 aromatic carbocycles. The van der Waals surface area contributed by atoms with Crippen molar-refractivity contribution >= 4 is 0 Å². The van der Waals surface area contributed by atoms with Crippen molar-refractivity contribution in [3.8, 4) is 5.75 Å². The van der Waals surface area contributed by atoms with Gasteiger partial charge in [0.1, 0.15) is 5.75 Å². The van der Waals surface area contributed by atoms with Crippen molar-refractivity contribution in [2.75, 3.05) is 26.8 Å². The Bertz CT molecular complexity index is 1090. The number of nitrogens with zero attached hydrogens (tertiary/aromatic N) is 3. The molecular formula is C27H33N3O3. The molecule has 0 aliphatic carbocycles. The van der Waals surface area contributed by atoms with Crippen LogP contribution in [0.15, 0.2) is 65.6 Å². The van der Waals surface area contributed by atoms with Crippen LogP contribution < -0.4 is 5.56 Å². The maximum atomic E-state index is 13.6. The van der Waals surface area contributed by atoms with Crippen molar-refractivity contribution in [3.63, 3.8) is 0 Å². The summed E-state index contributed by atoms with van der Waals surface area (Å²) in [5.41, 5.74) is 3.10. The zero-order valence-corrected chi connectivity index (χ0v) is 19.5. The summed E-state index contributed by atoms with van der Waals surface area (Å²) in [4.78, 5) is 20.5. The van der Waals surface area contributed by atoms with Gasteiger partial charge in [-0.15, -0.1) is 0 Å². The van der Waals surface area contributed by atoms with Crippen molar-refractivity contribution in [2.45, 2.75) is 38.8 Å². The first-order valence-electron chi connectivity index (χ1n) is 11.7. The number of ether oxygens (including phenoxy) is 1. The Morgan fingerprint density at radius 3 is 2.52 bits per heavy atom. The smallest absolute Gasteiger partial charge is 0.259 e. The molecule has 1 aliphatic rings. The average Bonchev–Trinajstić information content (AvgIpc) is 2.83. The minimum Gasteiger partial charge on any atom is -0.507 e. The summed E-state index contributed by atoms with van der Waals surface area (Å²) < 4.78 is 6.89. The fourth-order valence-electron chi connectivity index (χ4n) is 4.90. The maximum Gasteiger partial charge on any atom is 0.259 e. The van der Waals surface area contributed by atoms with E-state index in [2.05, 4.69) is 40.2 Å². The highest BCUT2D eigenvalue weighted by Crippen LogP contribution is 2.35. The van der Waals surface area contributed by atoms with Crippen LogP contribution >= 0.6 is 0 Å². The van der Waals surface area contributed by atoms with Crippen LogP contribution in [0.5, 0.6) is 5.75 Å². The number of pyridine rings is 2. The van der Waals surface area contributed by atoms with Crippen LogP contribution in [0.4, 0.5) is 0 Å². The van der Waals surface area contributed by atoms with Gasteiger partial charge in [0, 0.05) is 25.5 Å². The first-order valence-corrected chi connectivity index (χ1v) is 11.7. The zero-order chi connectivity index (χ0) is 23.2. The number of aryl methyl sites for hydroxylation is 1. The van der Waals surface area contributed by atoms with Gasteiger partial charge < -0.3 is 14.4 Å². The Morgan fingerprint density at radius 2 is 1.85 bits per heavy atom. The molecule has 0 spiro atoms. The summed E-state index contributed by atoms with van der Waals surface area (Å²) in [6, 6.07) is 17.7. The molecule has 3 aromatic rings. The largest absolute Gasteiger partial charge is 0.507 e. The van der Waals surface area contributed by atoms with Gasteiger partial charge in [-0.3, -0.25) is 14.7 Å². The van der Waals surface area contributed by atoms with Gasteiger partial charge >= 0.3 is 0 Å². The van der Waals surface area contributed by atoms with Gasteiger partial charge in [0.25, 0.3) is 5.56 Å². The predicted molar refractivity (Wildman–Crippen MR) is 130 cm³/mol. The molecule has 1 aliphatic heterocycles. The molecule has 2 aromatic heterocycles. The Balaban J connectivity index is 1.63.